The lowest BCUT2D eigenvalue weighted by atomic mass is 10.2. The summed E-state index contributed by atoms with van der Waals surface area (Å²) >= 11 is 5.77. The summed E-state index contributed by atoms with van der Waals surface area (Å²) < 4.78 is 18.4. The Balaban J connectivity index is 2.33. The van der Waals surface area contributed by atoms with Crippen molar-refractivity contribution in [3.63, 3.8) is 0 Å². The fourth-order valence-corrected chi connectivity index (χ4v) is 1.69. The van der Waals surface area contributed by atoms with Crippen LogP contribution in [-0.4, -0.2) is 31.7 Å². The molecule has 0 unspecified atom stereocenters. The molecule has 0 spiro atoms. The van der Waals surface area contributed by atoms with Crippen molar-refractivity contribution in [1.29, 1.82) is 0 Å². The van der Waals surface area contributed by atoms with Crippen LogP contribution in [0.5, 0.6) is 0 Å². The van der Waals surface area contributed by atoms with E-state index in [1.54, 1.807) is 0 Å². The third-order valence-electron chi connectivity index (χ3n) is 2.42. The number of rotatable bonds is 6. The van der Waals surface area contributed by atoms with E-state index in [9.17, 15) is 14.0 Å². The van der Waals surface area contributed by atoms with E-state index < -0.39 is 17.8 Å². The molecule has 1 aromatic carbocycles. The van der Waals surface area contributed by atoms with Crippen molar-refractivity contribution in [1.82, 2.24) is 10.6 Å². The maximum absolute atomic E-state index is 13.5. The molecule has 0 atom stereocenters. The Morgan fingerprint density at radius 1 is 1.29 bits per heavy atom. The van der Waals surface area contributed by atoms with Gasteiger partial charge in [-0.3, -0.25) is 4.79 Å². The predicted molar refractivity (Wildman–Crippen MR) is 77.9 cm³/mol. The Hall–Kier alpha value is -1.82. The zero-order valence-electron chi connectivity index (χ0n) is 11.9. The second-order valence-electron chi connectivity index (χ2n) is 4.77. The first-order valence-electron chi connectivity index (χ1n) is 6.54. The highest BCUT2D eigenvalue weighted by molar-refractivity contribution is 6.33. The van der Waals surface area contributed by atoms with E-state index in [-0.39, 0.29) is 29.6 Å². The van der Waals surface area contributed by atoms with E-state index in [0.29, 0.717) is 6.61 Å². The molecule has 0 fully saturated rings. The summed E-state index contributed by atoms with van der Waals surface area (Å²) in [6.07, 6.45) is -0.554. The highest BCUT2D eigenvalue weighted by Gasteiger charge is 2.15. The van der Waals surface area contributed by atoms with E-state index in [0.717, 1.165) is 6.07 Å². The van der Waals surface area contributed by atoms with Crippen molar-refractivity contribution in [2.24, 2.45) is 5.92 Å². The van der Waals surface area contributed by atoms with Gasteiger partial charge >= 0.3 is 6.09 Å². The predicted octanol–water partition coefficient (Wildman–Crippen LogP) is 2.59. The van der Waals surface area contributed by atoms with E-state index in [2.05, 4.69) is 10.6 Å². The van der Waals surface area contributed by atoms with Gasteiger partial charge in [0, 0.05) is 13.1 Å². The number of amides is 2. The smallest absolute Gasteiger partial charge is 0.407 e. The van der Waals surface area contributed by atoms with Crippen LogP contribution in [-0.2, 0) is 4.74 Å². The molecule has 1 rings (SSSR count). The number of alkyl carbamates (subject to hydrolysis) is 1. The van der Waals surface area contributed by atoms with Gasteiger partial charge in [0.15, 0.2) is 0 Å². The highest BCUT2D eigenvalue weighted by Crippen LogP contribution is 2.18. The van der Waals surface area contributed by atoms with Gasteiger partial charge in [0.05, 0.1) is 17.2 Å². The van der Waals surface area contributed by atoms with Crippen LogP contribution in [0.25, 0.3) is 0 Å². The van der Waals surface area contributed by atoms with Gasteiger partial charge in [-0.25, -0.2) is 9.18 Å². The molecule has 0 heterocycles. The fourth-order valence-electron chi connectivity index (χ4n) is 1.44. The number of halogens is 2. The minimum atomic E-state index is -0.690. The van der Waals surface area contributed by atoms with Gasteiger partial charge < -0.3 is 15.4 Å². The molecule has 0 radical (unpaired) electrons. The largest absolute Gasteiger partial charge is 0.449 e. The molecule has 2 N–H and O–H groups in total. The van der Waals surface area contributed by atoms with Gasteiger partial charge in [-0.05, 0) is 18.1 Å². The van der Waals surface area contributed by atoms with Gasteiger partial charge in [-0.1, -0.05) is 31.5 Å². The molecule has 5 nitrogen and oxygen atoms in total. The summed E-state index contributed by atoms with van der Waals surface area (Å²) in [5.74, 6) is -1.07. The van der Waals surface area contributed by atoms with Crippen LogP contribution in [0.4, 0.5) is 9.18 Å². The Kier molecular flexibility index (Phi) is 6.94. The van der Waals surface area contributed by atoms with E-state index in [1.165, 1.54) is 12.1 Å². The average molecular weight is 317 g/mol. The Morgan fingerprint density at radius 3 is 2.57 bits per heavy atom. The van der Waals surface area contributed by atoms with Crippen molar-refractivity contribution >= 4 is 23.6 Å². The standard InChI is InChI=1S/C14H18ClFN2O3/c1-9(2)8-21-14(20)18-7-6-17-13(19)12-10(15)4-3-5-11(12)16/h3-5,9H,6-8H2,1-2H3,(H,17,19)(H,18,20). The minimum Gasteiger partial charge on any atom is -0.449 e. The minimum absolute atomic E-state index is 0.0387. The van der Waals surface area contributed by atoms with Crippen molar-refractivity contribution in [2.75, 3.05) is 19.7 Å². The molecule has 2 amide bonds. The van der Waals surface area contributed by atoms with Crippen molar-refractivity contribution < 1.29 is 18.7 Å². The third-order valence-corrected chi connectivity index (χ3v) is 2.73. The number of carbonyl (C=O) groups excluding carboxylic acids is 2. The molecule has 0 bridgehead atoms. The Morgan fingerprint density at radius 2 is 1.95 bits per heavy atom. The van der Waals surface area contributed by atoms with E-state index in [4.69, 9.17) is 16.3 Å². The number of ether oxygens (including phenoxy) is 1. The molecular weight excluding hydrogens is 299 g/mol. The van der Waals surface area contributed by atoms with Gasteiger partial charge in [-0.15, -0.1) is 0 Å². The zero-order chi connectivity index (χ0) is 15.8. The first kappa shape index (κ1) is 17.2. The summed E-state index contributed by atoms with van der Waals surface area (Å²) in [6, 6.07) is 4.00. The monoisotopic (exact) mass is 316 g/mol. The lowest BCUT2D eigenvalue weighted by Crippen LogP contribution is -2.35. The second kappa shape index (κ2) is 8.46. The normalized spacial score (nSPS) is 10.3. The molecule has 0 aliphatic heterocycles. The molecule has 0 aliphatic carbocycles. The average Bonchev–Trinajstić information content (AvgIpc) is 2.41. The van der Waals surface area contributed by atoms with Crippen LogP contribution < -0.4 is 10.6 Å². The van der Waals surface area contributed by atoms with Crippen LogP contribution in [0.1, 0.15) is 24.2 Å². The summed E-state index contributed by atoms with van der Waals surface area (Å²) in [5, 5.41) is 4.98. The summed E-state index contributed by atoms with van der Waals surface area (Å²) in [6.45, 7) is 4.48. The molecule has 0 aromatic heterocycles. The molecule has 0 saturated carbocycles. The van der Waals surface area contributed by atoms with Crippen LogP contribution in [0, 0.1) is 11.7 Å². The lowest BCUT2D eigenvalue weighted by Gasteiger charge is -2.10. The Labute approximate surface area is 127 Å². The Bertz CT molecular complexity index is 489. The van der Waals surface area contributed by atoms with Gasteiger partial charge in [0.25, 0.3) is 5.91 Å². The third kappa shape index (κ3) is 5.99. The van der Waals surface area contributed by atoms with Crippen LogP contribution in [0.15, 0.2) is 18.2 Å². The quantitative estimate of drug-likeness (QED) is 0.793. The topological polar surface area (TPSA) is 67.4 Å². The highest BCUT2D eigenvalue weighted by atomic mass is 35.5. The maximum atomic E-state index is 13.5. The summed E-state index contributed by atoms with van der Waals surface area (Å²) in [7, 11) is 0. The van der Waals surface area contributed by atoms with Crippen molar-refractivity contribution in [3.05, 3.63) is 34.6 Å². The zero-order valence-corrected chi connectivity index (χ0v) is 12.7. The molecule has 116 valence electrons. The SMILES string of the molecule is CC(C)COC(=O)NCCNC(=O)c1c(F)cccc1Cl. The number of nitrogens with one attached hydrogen (secondary N) is 2. The van der Waals surface area contributed by atoms with Crippen LogP contribution >= 0.6 is 11.6 Å². The lowest BCUT2D eigenvalue weighted by molar-refractivity contribution is 0.0947. The molecular formula is C14H18ClFN2O3. The molecule has 21 heavy (non-hydrogen) atoms. The van der Waals surface area contributed by atoms with E-state index >= 15 is 0 Å². The number of hydrogen-bond acceptors (Lipinski definition) is 3. The van der Waals surface area contributed by atoms with Gasteiger partial charge in [0.1, 0.15) is 5.82 Å². The van der Waals surface area contributed by atoms with Crippen LogP contribution in [0.3, 0.4) is 0 Å². The maximum Gasteiger partial charge on any atom is 0.407 e. The summed E-state index contributed by atoms with van der Waals surface area (Å²) in [5.41, 5.74) is -0.207. The molecule has 0 saturated heterocycles. The summed E-state index contributed by atoms with van der Waals surface area (Å²) in [4.78, 5) is 23.0. The van der Waals surface area contributed by atoms with Crippen molar-refractivity contribution in [3.8, 4) is 0 Å². The molecule has 0 aliphatic rings. The van der Waals surface area contributed by atoms with Gasteiger partial charge in [-0.2, -0.15) is 0 Å². The fraction of sp³-hybridized carbons (Fsp3) is 0.429. The second-order valence-corrected chi connectivity index (χ2v) is 5.18. The first-order chi connectivity index (χ1) is 9.91. The van der Waals surface area contributed by atoms with E-state index in [1.807, 2.05) is 13.8 Å². The first-order valence-corrected chi connectivity index (χ1v) is 6.92. The molecule has 7 heteroatoms. The van der Waals surface area contributed by atoms with Crippen molar-refractivity contribution in [2.45, 2.75) is 13.8 Å². The molecule has 1 aromatic rings. The number of benzene rings is 1. The van der Waals surface area contributed by atoms with Crippen LogP contribution in [0.2, 0.25) is 5.02 Å². The van der Waals surface area contributed by atoms with Gasteiger partial charge in [0.2, 0.25) is 0 Å². The number of hydrogen-bond donors (Lipinski definition) is 2. The number of carbonyl (C=O) groups is 2.